The fourth-order valence-corrected chi connectivity index (χ4v) is 3.09. The van der Waals surface area contributed by atoms with Crippen molar-refractivity contribution >= 4 is 58.9 Å². The highest BCUT2D eigenvalue weighted by Gasteiger charge is 2.38. The van der Waals surface area contributed by atoms with Crippen LogP contribution in [0.3, 0.4) is 0 Å². The highest BCUT2D eigenvalue weighted by molar-refractivity contribution is 7.98. The summed E-state index contributed by atoms with van der Waals surface area (Å²) in [4.78, 5) is 38.8. The molecule has 0 atom stereocenters. The van der Waals surface area contributed by atoms with Crippen LogP contribution in [0, 0.1) is 0 Å². The lowest BCUT2D eigenvalue weighted by atomic mass is 10.5. The number of carbonyl (C=O) groups excluding carboxylic acids is 2. The van der Waals surface area contributed by atoms with Crippen molar-refractivity contribution < 1.29 is 9.59 Å². The van der Waals surface area contributed by atoms with Crippen LogP contribution < -0.4 is 10.2 Å². The standard InChI is InChI=1S/C13H16Cl2N6O2S/c1-4-16-11-17-12(20(5-2)6-3)19-13(18-11)24-21-9(22)7(14)8(15)10(21)23/h4-6H2,1-3H3,(H,16,17,18,19). The van der Waals surface area contributed by atoms with Crippen molar-refractivity contribution in [1.82, 2.24) is 19.3 Å². The van der Waals surface area contributed by atoms with Gasteiger partial charge in [-0.15, -0.1) is 0 Å². The Hall–Kier alpha value is -1.58. The first-order valence-corrected chi connectivity index (χ1v) is 8.82. The smallest absolute Gasteiger partial charge is 0.284 e. The first-order valence-electron chi connectivity index (χ1n) is 7.29. The van der Waals surface area contributed by atoms with E-state index in [1.807, 2.05) is 25.7 Å². The fraction of sp³-hybridized carbons (Fsp3) is 0.462. The molecular formula is C13H16Cl2N6O2S. The molecule has 0 fully saturated rings. The van der Waals surface area contributed by atoms with Gasteiger partial charge in [-0.3, -0.25) is 9.59 Å². The van der Waals surface area contributed by atoms with E-state index in [2.05, 4.69) is 20.3 Å². The molecule has 2 amide bonds. The number of amides is 2. The molecular weight excluding hydrogens is 375 g/mol. The van der Waals surface area contributed by atoms with Gasteiger partial charge in [0.05, 0.1) is 0 Å². The van der Waals surface area contributed by atoms with Gasteiger partial charge >= 0.3 is 0 Å². The van der Waals surface area contributed by atoms with Gasteiger partial charge in [0, 0.05) is 31.6 Å². The van der Waals surface area contributed by atoms with Crippen molar-refractivity contribution in [2.24, 2.45) is 0 Å². The van der Waals surface area contributed by atoms with Crippen LogP contribution in [0.2, 0.25) is 0 Å². The van der Waals surface area contributed by atoms with Crippen LogP contribution in [0.1, 0.15) is 20.8 Å². The van der Waals surface area contributed by atoms with Crippen molar-refractivity contribution in [2.45, 2.75) is 25.9 Å². The Labute approximate surface area is 153 Å². The second-order valence-electron chi connectivity index (χ2n) is 4.57. The largest absolute Gasteiger partial charge is 0.354 e. The topological polar surface area (TPSA) is 91.3 Å². The van der Waals surface area contributed by atoms with Crippen molar-refractivity contribution in [1.29, 1.82) is 0 Å². The number of anilines is 2. The summed E-state index contributed by atoms with van der Waals surface area (Å²) in [6, 6.07) is 0. The summed E-state index contributed by atoms with van der Waals surface area (Å²) in [5.41, 5.74) is 0. The van der Waals surface area contributed by atoms with Gasteiger partial charge in [-0.2, -0.15) is 15.0 Å². The number of hydrogen-bond acceptors (Lipinski definition) is 8. The van der Waals surface area contributed by atoms with Crippen LogP contribution in [0.25, 0.3) is 0 Å². The zero-order valence-corrected chi connectivity index (χ0v) is 15.7. The Morgan fingerprint density at radius 2 is 1.62 bits per heavy atom. The lowest BCUT2D eigenvalue weighted by Gasteiger charge is -2.20. The second kappa shape index (κ2) is 8.00. The van der Waals surface area contributed by atoms with Gasteiger partial charge in [0.2, 0.25) is 17.1 Å². The summed E-state index contributed by atoms with van der Waals surface area (Å²) < 4.78 is 0.835. The third-order valence-electron chi connectivity index (χ3n) is 3.09. The van der Waals surface area contributed by atoms with E-state index in [1.54, 1.807) is 0 Å². The Balaban J connectivity index is 2.33. The molecule has 1 aromatic heterocycles. The number of carbonyl (C=O) groups is 2. The molecule has 130 valence electrons. The summed E-state index contributed by atoms with van der Waals surface area (Å²) in [6.07, 6.45) is 0. The van der Waals surface area contributed by atoms with Crippen LogP contribution >= 0.6 is 35.1 Å². The maximum absolute atomic E-state index is 12.0. The third-order valence-corrected chi connectivity index (χ3v) is 4.75. The van der Waals surface area contributed by atoms with Crippen LogP contribution in [-0.2, 0) is 9.59 Å². The molecule has 24 heavy (non-hydrogen) atoms. The molecule has 0 saturated carbocycles. The summed E-state index contributed by atoms with van der Waals surface area (Å²) in [5, 5.41) is 2.59. The first kappa shape index (κ1) is 18.8. The summed E-state index contributed by atoms with van der Waals surface area (Å²) in [7, 11) is 0. The van der Waals surface area contributed by atoms with Gasteiger partial charge in [-0.1, -0.05) is 23.2 Å². The minimum absolute atomic E-state index is 0.195. The molecule has 11 heteroatoms. The van der Waals surface area contributed by atoms with Crippen molar-refractivity contribution in [3.63, 3.8) is 0 Å². The number of nitrogens with one attached hydrogen (secondary N) is 1. The van der Waals surface area contributed by atoms with Crippen molar-refractivity contribution in [3.05, 3.63) is 10.1 Å². The number of aromatic nitrogens is 3. The van der Waals surface area contributed by atoms with E-state index in [4.69, 9.17) is 23.2 Å². The maximum Gasteiger partial charge on any atom is 0.284 e. The molecule has 0 aromatic carbocycles. The minimum atomic E-state index is -0.688. The number of halogens is 2. The van der Waals surface area contributed by atoms with Crippen molar-refractivity contribution in [3.8, 4) is 0 Å². The molecule has 0 spiro atoms. The van der Waals surface area contributed by atoms with Gasteiger partial charge in [-0.25, -0.2) is 4.31 Å². The molecule has 0 aliphatic carbocycles. The molecule has 1 aliphatic heterocycles. The highest BCUT2D eigenvalue weighted by Crippen LogP contribution is 2.34. The van der Waals surface area contributed by atoms with Crippen LogP contribution in [0.5, 0.6) is 0 Å². The van der Waals surface area contributed by atoms with Crippen molar-refractivity contribution in [2.75, 3.05) is 29.9 Å². The molecule has 1 aliphatic rings. The van der Waals surface area contributed by atoms with E-state index in [9.17, 15) is 9.59 Å². The summed E-state index contributed by atoms with van der Waals surface area (Å²) in [5.74, 6) is -0.559. The average molecular weight is 391 g/mol. The van der Waals surface area contributed by atoms with E-state index in [-0.39, 0.29) is 15.2 Å². The monoisotopic (exact) mass is 390 g/mol. The van der Waals surface area contributed by atoms with Gasteiger partial charge < -0.3 is 10.2 Å². The van der Waals surface area contributed by atoms with Gasteiger partial charge in [0.1, 0.15) is 10.1 Å². The Bertz CT molecular complexity index is 671. The molecule has 1 aromatic rings. The number of rotatable bonds is 7. The Morgan fingerprint density at radius 3 is 2.12 bits per heavy atom. The van der Waals surface area contributed by atoms with E-state index in [1.165, 1.54) is 0 Å². The molecule has 1 N–H and O–H groups in total. The summed E-state index contributed by atoms with van der Waals surface area (Å²) in [6.45, 7) is 7.89. The van der Waals surface area contributed by atoms with E-state index in [0.29, 0.717) is 31.5 Å². The number of imide groups is 1. The predicted molar refractivity (Wildman–Crippen MR) is 94.0 cm³/mol. The lowest BCUT2D eigenvalue weighted by molar-refractivity contribution is -0.130. The minimum Gasteiger partial charge on any atom is -0.354 e. The van der Waals surface area contributed by atoms with Gasteiger partial charge in [-0.05, 0) is 20.8 Å². The zero-order chi connectivity index (χ0) is 17.9. The first-order chi connectivity index (χ1) is 11.4. The third kappa shape index (κ3) is 3.73. The van der Waals surface area contributed by atoms with Gasteiger partial charge in [0.25, 0.3) is 11.8 Å². The Kier molecular flexibility index (Phi) is 6.25. The normalized spacial score (nSPS) is 14.6. The molecule has 2 rings (SSSR count). The SMILES string of the molecule is CCNc1nc(SN2C(=O)C(Cl)=C(Cl)C2=O)nc(N(CC)CC)n1. The van der Waals surface area contributed by atoms with Crippen LogP contribution in [0.4, 0.5) is 11.9 Å². The van der Waals surface area contributed by atoms with E-state index < -0.39 is 11.8 Å². The summed E-state index contributed by atoms with van der Waals surface area (Å²) >= 11 is 12.2. The predicted octanol–water partition coefficient (Wildman–Crippen LogP) is 2.21. The quantitative estimate of drug-likeness (QED) is 0.559. The second-order valence-corrected chi connectivity index (χ2v) is 6.24. The highest BCUT2D eigenvalue weighted by atomic mass is 35.5. The molecule has 0 radical (unpaired) electrons. The van der Waals surface area contributed by atoms with E-state index >= 15 is 0 Å². The average Bonchev–Trinajstić information content (AvgIpc) is 2.74. The molecule has 8 nitrogen and oxygen atoms in total. The molecule has 0 unspecified atom stereocenters. The molecule has 0 bridgehead atoms. The molecule has 0 saturated heterocycles. The number of hydrogen-bond donors (Lipinski definition) is 1. The van der Waals surface area contributed by atoms with Crippen LogP contribution in [-0.4, -0.2) is 50.7 Å². The zero-order valence-electron chi connectivity index (χ0n) is 13.3. The van der Waals surface area contributed by atoms with E-state index in [0.717, 1.165) is 16.3 Å². The van der Waals surface area contributed by atoms with Crippen LogP contribution in [0.15, 0.2) is 15.2 Å². The Morgan fingerprint density at radius 1 is 1.04 bits per heavy atom. The number of nitrogens with zero attached hydrogens (tertiary/aromatic N) is 5. The maximum atomic E-state index is 12.0. The lowest BCUT2D eigenvalue weighted by Crippen LogP contribution is -2.27. The molecule has 2 heterocycles. The van der Waals surface area contributed by atoms with Gasteiger partial charge in [0.15, 0.2) is 0 Å². The fourth-order valence-electron chi connectivity index (χ4n) is 1.89.